The summed E-state index contributed by atoms with van der Waals surface area (Å²) < 4.78 is 0. The molecule has 1 atom stereocenters. The van der Waals surface area contributed by atoms with Gasteiger partial charge in [-0.15, -0.1) is 11.3 Å². The van der Waals surface area contributed by atoms with E-state index >= 15 is 0 Å². The second-order valence-electron chi connectivity index (χ2n) is 4.83. The molecule has 0 radical (unpaired) electrons. The minimum absolute atomic E-state index is 0. The zero-order valence-electron chi connectivity index (χ0n) is 11.7. The maximum absolute atomic E-state index is 11.6. The van der Waals surface area contributed by atoms with Gasteiger partial charge in [-0.1, -0.05) is 29.8 Å². The summed E-state index contributed by atoms with van der Waals surface area (Å²) in [6.07, 6.45) is 0.876. The topological polar surface area (TPSA) is 43.4 Å². The zero-order chi connectivity index (χ0) is 14.1. The van der Waals surface area contributed by atoms with Gasteiger partial charge in [0.1, 0.15) is 0 Å². The number of hydrogen-bond donors (Lipinski definition) is 0. The monoisotopic (exact) mass is 345 g/mol. The van der Waals surface area contributed by atoms with E-state index in [1.165, 1.54) is 10.4 Å². The molecule has 2 aromatic rings. The third-order valence-electron chi connectivity index (χ3n) is 3.63. The average molecular weight is 346 g/mol. The molecule has 0 N–H and O–H groups in total. The Balaban J connectivity index is 0.00000161. The summed E-state index contributed by atoms with van der Waals surface area (Å²) in [5.41, 5.74) is 1.81. The Morgan fingerprint density at radius 1 is 1.33 bits per heavy atom. The molecule has 0 spiro atoms. The second-order valence-corrected chi connectivity index (χ2v) is 6.24. The molecule has 1 aromatic carbocycles. The summed E-state index contributed by atoms with van der Waals surface area (Å²) >= 11 is 7.88. The van der Waals surface area contributed by atoms with E-state index in [0.29, 0.717) is 23.7 Å². The number of benzene rings is 1. The minimum Gasteiger partial charge on any atom is -0.548 e. The van der Waals surface area contributed by atoms with Crippen LogP contribution in [-0.4, -0.2) is 17.4 Å². The van der Waals surface area contributed by atoms with Crippen LogP contribution in [0.2, 0.25) is 5.02 Å². The van der Waals surface area contributed by atoms with Crippen molar-refractivity contribution in [3.05, 3.63) is 56.7 Å². The Hall–Kier alpha value is 0.276. The van der Waals surface area contributed by atoms with Gasteiger partial charge >= 0.3 is 51.4 Å². The van der Waals surface area contributed by atoms with Crippen molar-refractivity contribution in [1.82, 2.24) is 4.90 Å². The van der Waals surface area contributed by atoms with E-state index in [4.69, 9.17) is 11.6 Å². The van der Waals surface area contributed by atoms with Crippen molar-refractivity contribution in [3.8, 4) is 0 Å². The molecule has 1 aliphatic rings. The van der Waals surface area contributed by atoms with Crippen LogP contribution >= 0.6 is 22.9 Å². The van der Waals surface area contributed by atoms with E-state index in [-0.39, 0.29) is 51.4 Å². The first-order chi connectivity index (χ1) is 9.66. The Morgan fingerprint density at radius 3 is 2.81 bits per heavy atom. The molecule has 0 fully saturated rings. The molecule has 1 aromatic heterocycles. The second kappa shape index (κ2) is 7.70. The molecule has 0 aliphatic carbocycles. The quantitative estimate of drug-likeness (QED) is 0.688. The fourth-order valence-corrected chi connectivity index (χ4v) is 3.79. The molecule has 104 valence electrons. The molecule has 2 heterocycles. The van der Waals surface area contributed by atoms with Crippen LogP contribution in [0.4, 0.5) is 0 Å². The van der Waals surface area contributed by atoms with E-state index in [1.807, 2.05) is 4.90 Å². The van der Waals surface area contributed by atoms with Crippen LogP contribution in [0.15, 0.2) is 35.7 Å². The van der Waals surface area contributed by atoms with E-state index in [2.05, 4.69) is 11.4 Å². The van der Waals surface area contributed by atoms with Gasteiger partial charge in [-0.3, -0.25) is 4.90 Å². The third-order valence-corrected chi connectivity index (χ3v) is 4.99. The molecular formula is C15H13ClKNO2S. The number of hydrogen-bond acceptors (Lipinski definition) is 4. The summed E-state index contributed by atoms with van der Waals surface area (Å²) in [5, 5.41) is 14.1. The van der Waals surface area contributed by atoms with Crippen molar-refractivity contribution < 1.29 is 61.3 Å². The van der Waals surface area contributed by atoms with Gasteiger partial charge in [-0.2, -0.15) is 0 Å². The molecule has 0 saturated heterocycles. The van der Waals surface area contributed by atoms with Gasteiger partial charge < -0.3 is 9.90 Å². The van der Waals surface area contributed by atoms with Gasteiger partial charge in [0.25, 0.3) is 0 Å². The summed E-state index contributed by atoms with van der Waals surface area (Å²) in [6, 6.07) is 8.34. The molecule has 0 saturated carbocycles. The smallest absolute Gasteiger partial charge is 0.548 e. The minimum atomic E-state index is -1.10. The number of carboxylic acid groups (broad SMARTS) is 1. The first kappa shape index (κ1) is 17.6. The summed E-state index contributed by atoms with van der Waals surface area (Å²) in [7, 11) is 0. The zero-order valence-corrected chi connectivity index (χ0v) is 16.4. The maximum atomic E-state index is 11.6. The van der Waals surface area contributed by atoms with Crippen LogP contribution in [0.25, 0.3) is 0 Å². The van der Waals surface area contributed by atoms with Crippen molar-refractivity contribution in [2.75, 3.05) is 6.54 Å². The van der Waals surface area contributed by atoms with Crippen molar-refractivity contribution >= 4 is 28.9 Å². The Bertz CT molecular complexity index is 646. The molecule has 3 nitrogen and oxygen atoms in total. The van der Waals surface area contributed by atoms with E-state index in [9.17, 15) is 9.90 Å². The van der Waals surface area contributed by atoms with Gasteiger partial charge in [0.05, 0.1) is 12.0 Å². The number of carbonyl (C=O) groups is 1. The van der Waals surface area contributed by atoms with Crippen molar-refractivity contribution in [1.29, 1.82) is 0 Å². The number of nitrogens with zero attached hydrogens (tertiary/aromatic N) is 1. The molecule has 1 aliphatic heterocycles. The van der Waals surface area contributed by atoms with Crippen molar-refractivity contribution in [3.63, 3.8) is 0 Å². The predicted octanol–water partition coefficient (Wildman–Crippen LogP) is -0.745. The molecule has 3 rings (SSSR count). The number of carbonyl (C=O) groups excluding carboxylic acids is 1. The van der Waals surface area contributed by atoms with Crippen LogP contribution in [0.5, 0.6) is 0 Å². The van der Waals surface area contributed by atoms with Gasteiger partial charge in [0.15, 0.2) is 0 Å². The Labute approximate surface area is 175 Å². The number of halogens is 1. The summed E-state index contributed by atoms with van der Waals surface area (Å²) in [5.74, 6) is -1.10. The van der Waals surface area contributed by atoms with Crippen LogP contribution in [0, 0.1) is 0 Å². The fourth-order valence-electron chi connectivity index (χ4n) is 2.66. The first-order valence-electron chi connectivity index (χ1n) is 6.41. The van der Waals surface area contributed by atoms with E-state index in [1.54, 1.807) is 35.6 Å². The first-order valence-corrected chi connectivity index (χ1v) is 7.67. The maximum Gasteiger partial charge on any atom is 1.00 e. The normalized spacial score (nSPS) is 15.9. The number of thiophene rings is 1. The SMILES string of the molecule is O=C([O-])C(c1ccccc1Cl)N1CCc2sccc2C1.[K+]. The fraction of sp³-hybridized carbons (Fsp3) is 0.267. The van der Waals surface area contributed by atoms with E-state index in [0.717, 1.165) is 6.42 Å². The molecule has 6 heteroatoms. The van der Waals surface area contributed by atoms with Gasteiger partial charge in [-0.05, 0) is 35.1 Å². The van der Waals surface area contributed by atoms with Crippen LogP contribution in [-0.2, 0) is 17.8 Å². The van der Waals surface area contributed by atoms with Crippen molar-refractivity contribution in [2.45, 2.75) is 19.0 Å². The van der Waals surface area contributed by atoms with Gasteiger partial charge in [-0.25, -0.2) is 0 Å². The van der Waals surface area contributed by atoms with Crippen LogP contribution in [0.3, 0.4) is 0 Å². The molecule has 0 amide bonds. The van der Waals surface area contributed by atoms with E-state index < -0.39 is 12.0 Å². The Kier molecular flexibility index (Phi) is 6.47. The number of rotatable bonds is 3. The predicted molar refractivity (Wildman–Crippen MR) is 77.6 cm³/mol. The third kappa shape index (κ3) is 3.79. The standard InChI is InChI=1S/C15H14ClNO2S.K/c16-12-4-2-1-3-11(12)14(15(18)19)17-7-5-13-10(9-17)6-8-20-13;/h1-4,6,8,14H,5,7,9H2,(H,18,19);/q;+1/p-1. The molecule has 21 heavy (non-hydrogen) atoms. The van der Waals surface area contributed by atoms with Gasteiger partial charge in [0, 0.05) is 23.0 Å². The van der Waals surface area contributed by atoms with Crippen LogP contribution in [0.1, 0.15) is 22.0 Å². The number of carboxylic acids is 1. The van der Waals surface area contributed by atoms with Crippen molar-refractivity contribution in [2.24, 2.45) is 0 Å². The number of fused-ring (bicyclic) bond motifs is 1. The summed E-state index contributed by atoms with van der Waals surface area (Å²) in [4.78, 5) is 14.9. The molecule has 1 unspecified atom stereocenters. The van der Waals surface area contributed by atoms with Crippen LogP contribution < -0.4 is 56.5 Å². The summed E-state index contributed by atoms with van der Waals surface area (Å²) in [6.45, 7) is 1.33. The Morgan fingerprint density at radius 2 is 2.10 bits per heavy atom. The van der Waals surface area contributed by atoms with Gasteiger partial charge in [0.2, 0.25) is 0 Å². The number of aliphatic carboxylic acids is 1. The largest absolute Gasteiger partial charge is 1.00 e. The molecular weight excluding hydrogens is 333 g/mol. The molecule has 0 bridgehead atoms. The average Bonchev–Trinajstić information content (AvgIpc) is 2.88.